The summed E-state index contributed by atoms with van der Waals surface area (Å²) in [6.45, 7) is 0.798. The molecule has 1 aliphatic rings. The van der Waals surface area contributed by atoms with Crippen molar-refractivity contribution in [1.82, 2.24) is 19.2 Å². The van der Waals surface area contributed by atoms with Crippen molar-refractivity contribution in [3.05, 3.63) is 40.3 Å². The van der Waals surface area contributed by atoms with Gasteiger partial charge < -0.3 is 0 Å². The van der Waals surface area contributed by atoms with Gasteiger partial charge in [-0.2, -0.15) is 13.5 Å². The van der Waals surface area contributed by atoms with Crippen molar-refractivity contribution in [1.29, 1.82) is 0 Å². The lowest BCUT2D eigenvalue weighted by atomic mass is 10.3. The van der Waals surface area contributed by atoms with Gasteiger partial charge in [-0.05, 0) is 18.9 Å². The summed E-state index contributed by atoms with van der Waals surface area (Å²) in [6.07, 6.45) is 3.43. The molecule has 7 nitrogen and oxygen atoms in total. The van der Waals surface area contributed by atoms with E-state index in [1.807, 2.05) is 0 Å². The number of fused-ring (bicyclic) bond motifs is 2. The third-order valence-electron chi connectivity index (χ3n) is 3.66. The van der Waals surface area contributed by atoms with Crippen molar-refractivity contribution in [2.24, 2.45) is 0 Å². The predicted molar refractivity (Wildman–Crippen MR) is 86.6 cm³/mol. The van der Waals surface area contributed by atoms with Gasteiger partial charge in [-0.3, -0.25) is 13.8 Å². The first-order chi connectivity index (χ1) is 10.9. The number of anilines is 1. The van der Waals surface area contributed by atoms with Gasteiger partial charge in [-0.25, -0.2) is 4.98 Å². The molecule has 0 amide bonds. The van der Waals surface area contributed by atoms with Crippen LogP contribution in [0.2, 0.25) is 10.2 Å². The van der Waals surface area contributed by atoms with E-state index in [1.54, 1.807) is 16.8 Å². The molecule has 0 unspecified atom stereocenters. The van der Waals surface area contributed by atoms with Crippen LogP contribution >= 0.6 is 23.2 Å². The topological polar surface area (TPSA) is 81.3 Å². The van der Waals surface area contributed by atoms with Gasteiger partial charge in [0.25, 0.3) is 10.0 Å². The molecule has 0 fully saturated rings. The number of halogens is 2. The lowest BCUT2D eigenvalue weighted by molar-refractivity contribution is 0.596. The molecule has 10 heteroatoms. The number of sulfonamides is 1. The summed E-state index contributed by atoms with van der Waals surface area (Å²) in [5.74, 6) is 0.277. The number of rotatable bonds is 3. The molecule has 4 rings (SSSR count). The summed E-state index contributed by atoms with van der Waals surface area (Å²) >= 11 is 11.9. The summed E-state index contributed by atoms with van der Waals surface area (Å²) in [5, 5.41) is 4.43. The molecular weight excluding hydrogens is 361 g/mol. The Morgan fingerprint density at radius 3 is 2.87 bits per heavy atom. The van der Waals surface area contributed by atoms with Gasteiger partial charge in [-0.1, -0.05) is 23.2 Å². The average molecular weight is 372 g/mol. The van der Waals surface area contributed by atoms with E-state index >= 15 is 0 Å². The van der Waals surface area contributed by atoms with E-state index in [-0.39, 0.29) is 16.0 Å². The first-order valence-electron chi connectivity index (χ1n) is 6.87. The second-order valence-electron chi connectivity index (χ2n) is 5.23. The van der Waals surface area contributed by atoms with E-state index in [4.69, 9.17) is 23.2 Å². The first-order valence-corrected chi connectivity index (χ1v) is 9.10. The van der Waals surface area contributed by atoms with Crippen LogP contribution in [0.15, 0.2) is 29.4 Å². The number of imidazole rings is 1. The van der Waals surface area contributed by atoms with Gasteiger partial charge in [0.05, 0.1) is 0 Å². The number of nitrogens with zero attached hydrogens (tertiary/aromatic N) is 4. The Hall–Kier alpha value is -1.77. The monoisotopic (exact) mass is 371 g/mol. The van der Waals surface area contributed by atoms with Crippen molar-refractivity contribution in [2.45, 2.75) is 24.4 Å². The Kier molecular flexibility index (Phi) is 3.29. The van der Waals surface area contributed by atoms with E-state index < -0.39 is 10.0 Å². The molecule has 0 saturated heterocycles. The molecule has 3 aromatic rings. The maximum absolute atomic E-state index is 12.7. The maximum Gasteiger partial charge on any atom is 0.282 e. The first kappa shape index (κ1) is 14.8. The van der Waals surface area contributed by atoms with Crippen LogP contribution in [0.4, 0.5) is 5.82 Å². The van der Waals surface area contributed by atoms with Crippen LogP contribution < -0.4 is 4.72 Å². The van der Waals surface area contributed by atoms with Crippen LogP contribution in [-0.2, 0) is 23.0 Å². The third-order valence-corrected chi connectivity index (χ3v) is 5.65. The number of aryl methyl sites for hydroxylation is 2. The van der Waals surface area contributed by atoms with Crippen molar-refractivity contribution in [3.8, 4) is 0 Å². The highest BCUT2D eigenvalue weighted by Gasteiger charge is 2.26. The van der Waals surface area contributed by atoms with E-state index in [2.05, 4.69) is 14.8 Å². The summed E-state index contributed by atoms with van der Waals surface area (Å²) in [5.41, 5.74) is 1.37. The summed E-state index contributed by atoms with van der Waals surface area (Å²) in [7, 11) is -3.93. The van der Waals surface area contributed by atoms with Crippen LogP contribution in [0.25, 0.3) is 5.65 Å². The predicted octanol–water partition coefficient (Wildman–Crippen LogP) is 2.58. The number of hydrogen-bond acceptors (Lipinski definition) is 4. The summed E-state index contributed by atoms with van der Waals surface area (Å²) < 4.78 is 31.0. The van der Waals surface area contributed by atoms with Crippen LogP contribution in [0, 0.1) is 0 Å². The zero-order valence-electron chi connectivity index (χ0n) is 11.7. The fourth-order valence-electron chi connectivity index (χ4n) is 2.71. The maximum atomic E-state index is 12.7. The molecule has 1 N–H and O–H groups in total. The van der Waals surface area contributed by atoms with Gasteiger partial charge >= 0.3 is 0 Å². The Bertz CT molecular complexity index is 1000. The molecule has 23 heavy (non-hydrogen) atoms. The minimum atomic E-state index is -3.93. The standard InChI is InChI=1S/C13H11Cl2N5O2S/c14-8-3-5-19-11(6-8)16-12(15)13(19)23(21,22)18-10-7-9-2-1-4-20(9)17-10/h3,5-7H,1-2,4H2,(H,17,18). The van der Waals surface area contributed by atoms with Crippen LogP contribution in [0.3, 0.4) is 0 Å². The number of hydrogen-bond donors (Lipinski definition) is 1. The van der Waals surface area contributed by atoms with Crippen LogP contribution in [0.5, 0.6) is 0 Å². The second kappa shape index (κ2) is 5.12. The minimum Gasteiger partial charge on any atom is -0.288 e. The molecule has 0 spiro atoms. The van der Waals surface area contributed by atoms with Crippen molar-refractivity contribution >= 4 is 44.7 Å². The average Bonchev–Trinajstić information content (AvgIpc) is 3.09. The minimum absolute atomic E-state index is 0.119. The smallest absolute Gasteiger partial charge is 0.282 e. The zero-order valence-corrected chi connectivity index (χ0v) is 14.0. The van der Waals surface area contributed by atoms with Gasteiger partial charge in [0.1, 0.15) is 5.65 Å². The van der Waals surface area contributed by atoms with Gasteiger partial charge in [-0.15, -0.1) is 0 Å². The molecule has 0 aliphatic carbocycles. The number of pyridine rings is 1. The molecule has 3 aromatic heterocycles. The number of aromatic nitrogens is 4. The molecule has 1 aliphatic heterocycles. The Morgan fingerprint density at radius 1 is 1.26 bits per heavy atom. The molecule has 0 saturated carbocycles. The Morgan fingerprint density at radius 2 is 2.09 bits per heavy atom. The third kappa shape index (κ3) is 2.46. The van der Waals surface area contributed by atoms with E-state index in [9.17, 15) is 8.42 Å². The zero-order chi connectivity index (χ0) is 16.2. The molecule has 0 atom stereocenters. The molecule has 4 heterocycles. The van der Waals surface area contributed by atoms with E-state index in [1.165, 1.54) is 16.7 Å². The molecule has 0 radical (unpaired) electrons. The fourth-order valence-corrected chi connectivity index (χ4v) is 4.49. The SMILES string of the molecule is O=S(=O)(Nc1cc2n(n1)CCC2)c1c(Cl)nc2cc(Cl)ccn12. The Labute approximate surface area is 141 Å². The summed E-state index contributed by atoms with van der Waals surface area (Å²) in [4.78, 5) is 4.03. The van der Waals surface area contributed by atoms with Gasteiger partial charge in [0, 0.05) is 35.6 Å². The van der Waals surface area contributed by atoms with Crippen molar-refractivity contribution < 1.29 is 8.42 Å². The molecule has 0 aromatic carbocycles. The van der Waals surface area contributed by atoms with E-state index in [0.717, 1.165) is 25.1 Å². The molecular formula is C13H11Cl2N5O2S. The lowest BCUT2D eigenvalue weighted by Gasteiger charge is -2.06. The second-order valence-corrected chi connectivity index (χ2v) is 7.63. The summed E-state index contributed by atoms with van der Waals surface area (Å²) in [6, 6.07) is 4.84. The quantitative estimate of drug-likeness (QED) is 0.766. The van der Waals surface area contributed by atoms with Crippen molar-refractivity contribution in [2.75, 3.05) is 4.72 Å². The van der Waals surface area contributed by atoms with Crippen LogP contribution in [-0.4, -0.2) is 27.6 Å². The number of nitrogens with one attached hydrogen (secondary N) is 1. The normalized spacial score (nSPS) is 14.3. The van der Waals surface area contributed by atoms with Crippen molar-refractivity contribution in [3.63, 3.8) is 0 Å². The van der Waals surface area contributed by atoms with Crippen LogP contribution in [0.1, 0.15) is 12.1 Å². The fraction of sp³-hybridized carbons (Fsp3) is 0.231. The van der Waals surface area contributed by atoms with Gasteiger partial charge in [0.2, 0.25) is 0 Å². The molecule has 0 bridgehead atoms. The highest BCUT2D eigenvalue weighted by molar-refractivity contribution is 7.92. The molecule has 120 valence electrons. The highest BCUT2D eigenvalue weighted by atomic mass is 35.5. The highest BCUT2D eigenvalue weighted by Crippen LogP contribution is 2.27. The lowest BCUT2D eigenvalue weighted by Crippen LogP contribution is -2.16. The van der Waals surface area contributed by atoms with Gasteiger partial charge in [0.15, 0.2) is 16.0 Å². The Balaban J connectivity index is 1.77. The van der Waals surface area contributed by atoms with E-state index in [0.29, 0.717) is 10.7 Å². The largest absolute Gasteiger partial charge is 0.288 e.